The molecule has 0 unspecified atom stereocenters. The van der Waals surface area contributed by atoms with Crippen LogP contribution in [0.1, 0.15) is 43.9 Å². The van der Waals surface area contributed by atoms with Gasteiger partial charge < -0.3 is 31.5 Å². The van der Waals surface area contributed by atoms with Crippen molar-refractivity contribution < 1.29 is 39.6 Å². The van der Waals surface area contributed by atoms with E-state index in [4.69, 9.17) is 5.73 Å². The predicted molar refractivity (Wildman–Crippen MR) is 141 cm³/mol. The second-order valence-electron chi connectivity index (χ2n) is 11.6. The predicted octanol–water partition coefficient (Wildman–Crippen LogP) is 0.892. The first-order valence-electron chi connectivity index (χ1n) is 12.5. The highest BCUT2D eigenvalue weighted by atomic mass is 16.3. The number of rotatable bonds is 4. The lowest BCUT2D eigenvalue weighted by atomic mass is 9.57. The van der Waals surface area contributed by atoms with E-state index in [0.29, 0.717) is 11.1 Å². The molecule has 11 heteroatoms. The zero-order valence-electron chi connectivity index (χ0n) is 22.4. The third kappa shape index (κ3) is 4.41. The highest BCUT2D eigenvalue weighted by molar-refractivity contribution is 6.24. The van der Waals surface area contributed by atoms with E-state index in [9.17, 15) is 39.6 Å². The zero-order chi connectivity index (χ0) is 29.2. The summed E-state index contributed by atoms with van der Waals surface area (Å²) in [6, 6.07) is 1.73. The van der Waals surface area contributed by atoms with Gasteiger partial charge in [0, 0.05) is 23.1 Å². The Hall–Kier alpha value is -3.96. The topological polar surface area (TPSA) is 190 Å². The molecular formula is C28H33N3O8. The van der Waals surface area contributed by atoms with Crippen LogP contribution in [0.3, 0.4) is 0 Å². The molecule has 1 fully saturated rings. The van der Waals surface area contributed by atoms with E-state index in [1.165, 1.54) is 31.1 Å². The lowest BCUT2D eigenvalue weighted by Crippen LogP contribution is -2.65. The maximum absolute atomic E-state index is 13.8. The molecule has 7 N–H and O–H groups in total. The van der Waals surface area contributed by atoms with E-state index >= 15 is 0 Å². The quantitative estimate of drug-likeness (QED) is 0.238. The van der Waals surface area contributed by atoms with Crippen LogP contribution in [-0.4, -0.2) is 80.0 Å². The average molecular weight is 540 g/mol. The Morgan fingerprint density at radius 3 is 2.36 bits per heavy atom. The minimum atomic E-state index is -2.69. The zero-order valence-corrected chi connectivity index (χ0v) is 22.4. The van der Waals surface area contributed by atoms with Crippen molar-refractivity contribution in [1.82, 2.24) is 10.2 Å². The number of hydrogen-bond acceptors (Lipinski definition) is 9. The van der Waals surface area contributed by atoms with E-state index in [-0.39, 0.29) is 35.6 Å². The van der Waals surface area contributed by atoms with Gasteiger partial charge in [0.1, 0.15) is 22.8 Å². The molecule has 4 rings (SSSR count). The van der Waals surface area contributed by atoms with Gasteiger partial charge in [0.25, 0.3) is 5.91 Å². The van der Waals surface area contributed by atoms with Gasteiger partial charge in [-0.05, 0) is 76.9 Å². The summed E-state index contributed by atoms with van der Waals surface area (Å²) < 4.78 is 0. The maximum Gasteiger partial charge on any atom is 0.255 e. The number of nitrogens with two attached hydrogens (primary N) is 1. The second-order valence-corrected chi connectivity index (χ2v) is 11.6. The summed E-state index contributed by atoms with van der Waals surface area (Å²) in [6.07, 6.45) is 2.98. The molecule has 0 aliphatic heterocycles. The molecular weight excluding hydrogens is 506 g/mol. The van der Waals surface area contributed by atoms with E-state index in [1.807, 2.05) is 20.8 Å². The number of carbonyl (C=O) groups excluding carboxylic acids is 4. The van der Waals surface area contributed by atoms with Crippen LogP contribution in [0.2, 0.25) is 0 Å². The van der Waals surface area contributed by atoms with Crippen molar-refractivity contribution in [3.05, 3.63) is 51.8 Å². The molecule has 3 aliphatic carbocycles. The summed E-state index contributed by atoms with van der Waals surface area (Å²) >= 11 is 0. The number of aliphatic hydroxyl groups excluding tert-OH is 2. The number of fused-ring (bicyclic) bond motifs is 3. The molecule has 3 aliphatic rings. The molecule has 1 aromatic carbocycles. The first kappa shape index (κ1) is 28.1. The summed E-state index contributed by atoms with van der Waals surface area (Å²) in [4.78, 5) is 52.9. The van der Waals surface area contributed by atoms with E-state index in [0.717, 1.165) is 0 Å². The number of amides is 2. The van der Waals surface area contributed by atoms with E-state index in [1.54, 1.807) is 12.1 Å². The summed E-state index contributed by atoms with van der Waals surface area (Å²) in [5, 5.41) is 47.2. The largest absolute Gasteiger partial charge is 0.508 e. The van der Waals surface area contributed by atoms with Crippen LogP contribution in [0, 0.1) is 11.8 Å². The first-order valence-corrected chi connectivity index (χ1v) is 12.5. The van der Waals surface area contributed by atoms with Crippen molar-refractivity contribution in [3.63, 3.8) is 0 Å². The van der Waals surface area contributed by atoms with Crippen LogP contribution in [0.4, 0.5) is 0 Å². The van der Waals surface area contributed by atoms with Crippen molar-refractivity contribution in [2.75, 3.05) is 14.1 Å². The minimum Gasteiger partial charge on any atom is -0.508 e. The number of nitrogens with one attached hydrogen (secondary N) is 1. The number of nitrogens with zero attached hydrogens (tertiary/aromatic N) is 1. The molecule has 11 nitrogen and oxygen atoms in total. The van der Waals surface area contributed by atoms with Gasteiger partial charge in [-0.15, -0.1) is 0 Å². The van der Waals surface area contributed by atoms with Crippen molar-refractivity contribution in [2.24, 2.45) is 17.6 Å². The van der Waals surface area contributed by atoms with Crippen molar-refractivity contribution in [3.8, 4) is 5.75 Å². The number of aromatic hydroxyl groups is 1. The molecule has 0 spiro atoms. The SMILES string of the molecule is CN(C)[C@H]1C(=O)C(C(N)=O)=C(O)[C@@]2(O)C(=O)C3=C(O)c4c(O)ccc(/C=C/C(=O)NC(C)(C)C)c4C[C@@H]3C[C@H]12. The molecule has 208 valence electrons. The van der Waals surface area contributed by atoms with Crippen molar-refractivity contribution >= 4 is 35.2 Å². The maximum atomic E-state index is 13.8. The number of primary amides is 1. The number of Topliss-reactive ketones (excluding diaryl/α,β-unsaturated/α-hetero) is 2. The monoisotopic (exact) mass is 539 g/mol. The number of ketones is 2. The number of aliphatic hydroxyl groups is 3. The molecule has 1 saturated carbocycles. The Kier molecular flexibility index (Phi) is 6.73. The Labute approximate surface area is 225 Å². The summed E-state index contributed by atoms with van der Waals surface area (Å²) in [5.74, 6) is -7.44. The standard InChI is InChI=1S/C28H33N3O8/c1-27(2,3)30-17(33)9-7-12-6-8-16(32)19-14(12)10-13-11-15-21(31(4)5)23(35)20(26(29)38)25(37)28(15,39)24(36)18(13)22(19)34/h6-9,13,15,21,32,34,37,39H,10-11H2,1-5H3,(H2,29,38)(H,30,33)/b9-7+/t13-,15-,21-,28+/m1/s1. The Morgan fingerprint density at radius 2 is 1.79 bits per heavy atom. The Bertz CT molecular complexity index is 1400. The summed E-state index contributed by atoms with van der Waals surface area (Å²) in [5.41, 5.74) is 2.04. The molecule has 0 aromatic heterocycles. The molecule has 4 atom stereocenters. The fourth-order valence-corrected chi connectivity index (χ4v) is 6.00. The number of phenolic OH excluding ortho intramolecular Hbond substituents is 1. The highest BCUT2D eigenvalue weighted by Gasteiger charge is 2.64. The van der Waals surface area contributed by atoms with Gasteiger partial charge in [0.2, 0.25) is 11.7 Å². The first-order chi connectivity index (χ1) is 18.0. The molecule has 0 bridgehead atoms. The lowest BCUT2D eigenvalue weighted by Gasteiger charge is -2.50. The molecule has 0 heterocycles. The van der Waals surface area contributed by atoms with Crippen LogP contribution in [0.15, 0.2) is 35.1 Å². The van der Waals surface area contributed by atoms with Crippen LogP contribution >= 0.6 is 0 Å². The van der Waals surface area contributed by atoms with Crippen LogP contribution in [0.25, 0.3) is 11.8 Å². The van der Waals surface area contributed by atoms with Gasteiger partial charge in [-0.25, -0.2) is 0 Å². The lowest BCUT2D eigenvalue weighted by molar-refractivity contribution is -0.153. The summed E-state index contributed by atoms with van der Waals surface area (Å²) in [6.45, 7) is 5.51. The van der Waals surface area contributed by atoms with Gasteiger partial charge in [-0.2, -0.15) is 0 Å². The molecule has 0 saturated heterocycles. The molecule has 1 aromatic rings. The van der Waals surface area contributed by atoms with Gasteiger partial charge in [-0.1, -0.05) is 6.07 Å². The molecule has 2 amide bonds. The fourth-order valence-electron chi connectivity index (χ4n) is 6.00. The second kappa shape index (κ2) is 9.35. The Balaban J connectivity index is 1.87. The van der Waals surface area contributed by atoms with E-state index < -0.39 is 63.6 Å². The normalized spacial score (nSPS) is 27.0. The van der Waals surface area contributed by atoms with Gasteiger partial charge in [0.15, 0.2) is 11.4 Å². The van der Waals surface area contributed by atoms with Crippen LogP contribution < -0.4 is 11.1 Å². The molecule has 39 heavy (non-hydrogen) atoms. The van der Waals surface area contributed by atoms with Crippen LogP contribution in [-0.2, 0) is 25.6 Å². The number of phenols is 1. The van der Waals surface area contributed by atoms with Gasteiger partial charge in [0.05, 0.1) is 11.6 Å². The highest BCUT2D eigenvalue weighted by Crippen LogP contribution is 2.53. The number of benzene rings is 1. The summed E-state index contributed by atoms with van der Waals surface area (Å²) in [7, 11) is 3.08. The average Bonchev–Trinajstić information content (AvgIpc) is 2.79. The van der Waals surface area contributed by atoms with Crippen molar-refractivity contribution in [2.45, 2.75) is 50.8 Å². The fraction of sp³-hybridized carbons (Fsp3) is 0.429. The minimum absolute atomic E-state index is 0.0188. The smallest absolute Gasteiger partial charge is 0.255 e. The third-order valence-corrected chi connectivity index (χ3v) is 7.55. The van der Waals surface area contributed by atoms with Gasteiger partial charge in [-0.3, -0.25) is 24.1 Å². The van der Waals surface area contributed by atoms with Crippen molar-refractivity contribution in [1.29, 1.82) is 0 Å². The molecule has 0 radical (unpaired) electrons. The number of hydrogen-bond donors (Lipinski definition) is 6. The van der Waals surface area contributed by atoms with E-state index in [2.05, 4.69) is 5.32 Å². The Morgan fingerprint density at radius 1 is 1.15 bits per heavy atom. The van der Waals surface area contributed by atoms with Gasteiger partial charge >= 0.3 is 0 Å². The third-order valence-electron chi connectivity index (χ3n) is 7.55. The van der Waals surface area contributed by atoms with Crippen LogP contribution in [0.5, 0.6) is 5.75 Å². The number of likely N-dealkylation sites (N-methyl/N-ethyl adjacent to an activating group) is 1. The number of carbonyl (C=O) groups is 4.